The van der Waals surface area contributed by atoms with Crippen molar-refractivity contribution < 1.29 is 5.11 Å². The monoisotopic (exact) mass is 261 g/mol. The number of rotatable bonds is 5. The fraction of sp³-hybridized carbons (Fsp3) is 0.333. The molecule has 18 heavy (non-hydrogen) atoms. The van der Waals surface area contributed by atoms with Crippen LogP contribution in [0.5, 0.6) is 0 Å². The number of hydrogen-bond donors (Lipinski definition) is 1. The van der Waals surface area contributed by atoms with Gasteiger partial charge in [0, 0.05) is 18.0 Å². The minimum absolute atomic E-state index is 0.620. The Labute approximate surface area is 113 Å². The second-order valence-corrected chi connectivity index (χ2v) is 5.92. The molecule has 1 atom stereocenters. The van der Waals surface area contributed by atoms with E-state index in [1.54, 1.807) is 11.3 Å². The summed E-state index contributed by atoms with van der Waals surface area (Å²) >= 11 is 1.75. The molecule has 2 aromatic rings. The van der Waals surface area contributed by atoms with Gasteiger partial charge in [-0.1, -0.05) is 36.4 Å². The number of nitrogens with zero attached hydrogens (tertiary/aromatic N) is 1. The lowest BCUT2D eigenvalue weighted by Crippen LogP contribution is -2.36. The molecule has 1 aromatic carbocycles. The van der Waals surface area contributed by atoms with Crippen molar-refractivity contribution in [3.63, 3.8) is 0 Å². The highest BCUT2D eigenvalue weighted by Gasteiger charge is 2.24. The van der Waals surface area contributed by atoms with Crippen molar-refractivity contribution >= 4 is 11.3 Å². The van der Waals surface area contributed by atoms with Gasteiger partial charge in [0.05, 0.1) is 5.60 Å². The standard InChI is InChI=1S/C15H19NOS/c1-15(17,13-7-4-3-5-8-13)12-16(2)11-14-9-6-10-18-14/h3-10,17H,11-12H2,1-2H3. The molecule has 0 fully saturated rings. The first kappa shape index (κ1) is 13.3. The molecule has 1 aromatic heterocycles. The van der Waals surface area contributed by atoms with Gasteiger partial charge in [0.2, 0.25) is 0 Å². The predicted molar refractivity (Wildman–Crippen MR) is 76.7 cm³/mol. The molecule has 0 radical (unpaired) electrons. The molecule has 0 bridgehead atoms. The number of thiophene rings is 1. The molecule has 2 nitrogen and oxygen atoms in total. The Morgan fingerprint density at radius 2 is 1.89 bits per heavy atom. The van der Waals surface area contributed by atoms with Gasteiger partial charge in [0.1, 0.15) is 0 Å². The minimum atomic E-state index is -0.812. The highest BCUT2D eigenvalue weighted by atomic mass is 32.1. The molecule has 1 N–H and O–H groups in total. The van der Waals surface area contributed by atoms with Gasteiger partial charge in [-0.2, -0.15) is 0 Å². The van der Waals surface area contributed by atoms with Crippen LogP contribution < -0.4 is 0 Å². The van der Waals surface area contributed by atoms with Crippen LogP contribution >= 0.6 is 11.3 Å². The van der Waals surface area contributed by atoms with Gasteiger partial charge >= 0.3 is 0 Å². The van der Waals surface area contributed by atoms with Crippen LogP contribution in [0.15, 0.2) is 47.8 Å². The molecule has 0 amide bonds. The van der Waals surface area contributed by atoms with E-state index >= 15 is 0 Å². The first-order valence-electron chi connectivity index (χ1n) is 6.07. The molecule has 0 saturated heterocycles. The molecule has 0 spiro atoms. The predicted octanol–water partition coefficient (Wildman–Crippen LogP) is 3.09. The summed E-state index contributed by atoms with van der Waals surface area (Å²) in [5.41, 5.74) is 0.149. The molecule has 2 rings (SSSR count). The van der Waals surface area contributed by atoms with Crippen LogP contribution in [0.25, 0.3) is 0 Å². The van der Waals surface area contributed by atoms with Crippen molar-refractivity contribution in [2.45, 2.75) is 19.1 Å². The maximum absolute atomic E-state index is 10.5. The number of benzene rings is 1. The molecule has 0 aliphatic carbocycles. The Bertz CT molecular complexity index is 465. The Kier molecular flexibility index (Phi) is 4.17. The fourth-order valence-electron chi connectivity index (χ4n) is 2.14. The summed E-state index contributed by atoms with van der Waals surface area (Å²) in [6, 6.07) is 14.0. The summed E-state index contributed by atoms with van der Waals surface area (Å²) in [6.45, 7) is 3.36. The fourth-order valence-corrected chi connectivity index (χ4v) is 2.92. The topological polar surface area (TPSA) is 23.5 Å². The normalized spacial score (nSPS) is 14.7. The van der Waals surface area contributed by atoms with Crippen LogP contribution in [-0.4, -0.2) is 23.6 Å². The van der Waals surface area contributed by atoms with Crippen molar-refractivity contribution in [3.05, 3.63) is 58.3 Å². The molecule has 3 heteroatoms. The average molecular weight is 261 g/mol. The van der Waals surface area contributed by atoms with Gasteiger partial charge in [-0.25, -0.2) is 0 Å². The summed E-state index contributed by atoms with van der Waals surface area (Å²) in [5, 5.41) is 12.6. The van der Waals surface area contributed by atoms with E-state index in [2.05, 4.69) is 22.4 Å². The van der Waals surface area contributed by atoms with E-state index in [0.29, 0.717) is 6.54 Å². The van der Waals surface area contributed by atoms with E-state index in [1.165, 1.54) is 4.88 Å². The zero-order valence-corrected chi connectivity index (χ0v) is 11.7. The summed E-state index contributed by atoms with van der Waals surface area (Å²) in [6.07, 6.45) is 0. The van der Waals surface area contributed by atoms with Crippen molar-refractivity contribution in [2.75, 3.05) is 13.6 Å². The van der Waals surface area contributed by atoms with Crippen LogP contribution in [0, 0.1) is 0 Å². The lowest BCUT2D eigenvalue weighted by molar-refractivity contribution is 0.0216. The molecule has 0 saturated carbocycles. The molecule has 0 aliphatic heterocycles. The van der Waals surface area contributed by atoms with Crippen LogP contribution in [0.3, 0.4) is 0 Å². The van der Waals surface area contributed by atoms with Crippen molar-refractivity contribution in [2.24, 2.45) is 0 Å². The third kappa shape index (κ3) is 3.42. The summed E-state index contributed by atoms with van der Waals surface area (Å²) in [4.78, 5) is 3.47. The van der Waals surface area contributed by atoms with Gasteiger partial charge in [-0.05, 0) is 31.0 Å². The SMILES string of the molecule is CN(Cc1cccs1)CC(C)(O)c1ccccc1. The zero-order valence-electron chi connectivity index (χ0n) is 10.8. The number of hydrogen-bond acceptors (Lipinski definition) is 3. The maximum Gasteiger partial charge on any atom is 0.0994 e. The first-order valence-corrected chi connectivity index (χ1v) is 6.95. The second kappa shape index (κ2) is 5.65. The van der Waals surface area contributed by atoms with E-state index < -0.39 is 5.60 Å². The Hall–Kier alpha value is -1.16. The van der Waals surface area contributed by atoms with Gasteiger partial charge in [0.25, 0.3) is 0 Å². The van der Waals surface area contributed by atoms with Crippen molar-refractivity contribution in [3.8, 4) is 0 Å². The van der Waals surface area contributed by atoms with Crippen LogP contribution in [0.1, 0.15) is 17.4 Å². The van der Waals surface area contributed by atoms with Gasteiger partial charge in [0.15, 0.2) is 0 Å². The van der Waals surface area contributed by atoms with Crippen molar-refractivity contribution in [1.82, 2.24) is 4.90 Å². The molecule has 1 unspecified atom stereocenters. The van der Waals surface area contributed by atoms with E-state index in [0.717, 1.165) is 12.1 Å². The lowest BCUT2D eigenvalue weighted by Gasteiger charge is -2.29. The second-order valence-electron chi connectivity index (χ2n) is 4.89. The molecule has 0 aliphatic rings. The van der Waals surface area contributed by atoms with E-state index in [9.17, 15) is 5.11 Å². The molecule has 96 valence electrons. The third-order valence-corrected chi connectivity index (χ3v) is 3.84. The van der Waals surface area contributed by atoms with Gasteiger partial charge in [-0.3, -0.25) is 4.90 Å². The molecular formula is C15H19NOS. The van der Waals surface area contributed by atoms with Crippen LogP contribution in [-0.2, 0) is 12.1 Å². The van der Waals surface area contributed by atoms with Gasteiger partial charge in [-0.15, -0.1) is 11.3 Å². The zero-order chi connectivity index (χ0) is 13.0. The number of likely N-dealkylation sites (N-methyl/N-ethyl adjacent to an activating group) is 1. The van der Waals surface area contributed by atoms with E-state index in [4.69, 9.17) is 0 Å². The summed E-state index contributed by atoms with van der Waals surface area (Å²) in [5.74, 6) is 0. The highest BCUT2D eigenvalue weighted by Crippen LogP contribution is 2.22. The van der Waals surface area contributed by atoms with Gasteiger partial charge < -0.3 is 5.11 Å². The third-order valence-electron chi connectivity index (χ3n) is 2.98. The Balaban J connectivity index is 1.99. The molecule has 1 heterocycles. The first-order chi connectivity index (χ1) is 8.58. The average Bonchev–Trinajstić information content (AvgIpc) is 2.82. The van der Waals surface area contributed by atoms with E-state index in [1.807, 2.05) is 44.3 Å². The lowest BCUT2D eigenvalue weighted by atomic mass is 9.95. The Morgan fingerprint density at radius 1 is 1.17 bits per heavy atom. The molecular weight excluding hydrogens is 242 g/mol. The van der Waals surface area contributed by atoms with E-state index in [-0.39, 0.29) is 0 Å². The smallest absolute Gasteiger partial charge is 0.0994 e. The highest BCUT2D eigenvalue weighted by molar-refractivity contribution is 7.09. The van der Waals surface area contributed by atoms with Crippen LogP contribution in [0.2, 0.25) is 0 Å². The van der Waals surface area contributed by atoms with Crippen molar-refractivity contribution in [1.29, 1.82) is 0 Å². The summed E-state index contributed by atoms with van der Waals surface area (Å²) < 4.78 is 0. The minimum Gasteiger partial charge on any atom is -0.384 e. The Morgan fingerprint density at radius 3 is 2.50 bits per heavy atom. The quantitative estimate of drug-likeness (QED) is 0.894. The summed E-state index contributed by atoms with van der Waals surface area (Å²) in [7, 11) is 2.04. The van der Waals surface area contributed by atoms with Crippen LogP contribution in [0.4, 0.5) is 0 Å². The number of aliphatic hydroxyl groups is 1. The maximum atomic E-state index is 10.5. The largest absolute Gasteiger partial charge is 0.384 e.